The van der Waals surface area contributed by atoms with Crippen LogP contribution < -0.4 is 0 Å². The van der Waals surface area contributed by atoms with Crippen LogP contribution in [-0.2, 0) is 14.3 Å². The topological polar surface area (TPSA) is 59.3 Å². The molecule has 78 valence electrons. The number of nitriles is 1. The third-order valence-corrected chi connectivity index (χ3v) is 2.15. The molecular weight excluding hydrogens is 189 g/mol. The Morgan fingerprint density at radius 3 is 3.14 bits per heavy atom. The lowest BCUT2D eigenvalue weighted by Gasteiger charge is -2.15. The second kappa shape index (κ2) is 4.91. The van der Waals surface area contributed by atoms with E-state index < -0.39 is 24.2 Å². The van der Waals surface area contributed by atoms with Crippen molar-refractivity contribution in [2.75, 3.05) is 13.2 Å². The third kappa shape index (κ3) is 2.20. The van der Waals surface area contributed by atoms with E-state index in [2.05, 4.69) is 4.74 Å². The van der Waals surface area contributed by atoms with Gasteiger partial charge in [-0.2, -0.15) is 5.26 Å². The van der Waals surface area contributed by atoms with Crippen LogP contribution in [0.2, 0.25) is 0 Å². The molecule has 1 aliphatic heterocycles. The lowest BCUT2D eigenvalue weighted by molar-refractivity contribution is -0.151. The van der Waals surface area contributed by atoms with E-state index in [9.17, 15) is 9.18 Å². The van der Waals surface area contributed by atoms with E-state index in [1.165, 1.54) is 0 Å². The molecule has 14 heavy (non-hydrogen) atoms. The highest BCUT2D eigenvalue weighted by molar-refractivity contribution is 5.75. The summed E-state index contributed by atoms with van der Waals surface area (Å²) in [6.07, 6.45) is -2.19. The van der Waals surface area contributed by atoms with Gasteiger partial charge in [-0.15, -0.1) is 0 Å². The standard InChI is InChI=1S/C9H12FNO3/c1-2-13-9(12)8(10)6-3-4-14-7(6)5-11/h6-8H,2-4H2,1H3. The Bertz CT molecular complexity index is 251. The first-order valence-corrected chi connectivity index (χ1v) is 4.52. The van der Waals surface area contributed by atoms with Crippen molar-refractivity contribution in [2.45, 2.75) is 25.6 Å². The minimum atomic E-state index is -1.75. The zero-order valence-corrected chi connectivity index (χ0v) is 7.90. The van der Waals surface area contributed by atoms with E-state index in [1.807, 2.05) is 6.07 Å². The first-order valence-electron chi connectivity index (χ1n) is 4.52. The Kier molecular flexibility index (Phi) is 3.84. The number of ether oxygens (including phenoxy) is 2. The molecule has 0 radical (unpaired) electrons. The molecule has 0 N–H and O–H groups in total. The lowest BCUT2D eigenvalue weighted by atomic mass is 9.97. The molecule has 0 aromatic rings. The average Bonchev–Trinajstić information content (AvgIpc) is 2.64. The van der Waals surface area contributed by atoms with Crippen molar-refractivity contribution in [3.05, 3.63) is 0 Å². The molecule has 0 aromatic carbocycles. The van der Waals surface area contributed by atoms with E-state index in [1.54, 1.807) is 6.92 Å². The van der Waals surface area contributed by atoms with Gasteiger partial charge in [-0.25, -0.2) is 9.18 Å². The smallest absolute Gasteiger partial charge is 0.341 e. The van der Waals surface area contributed by atoms with E-state index in [4.69, 9.17) is 10.00 Å². The fraction of sp³-hybridized carbons (Fsp3) is 0.778. The second-order valence-electron chi connectivity index (χ2n) is 3.03. The van der Waals surface area contributed by atoms with Gasteiger partial charge in [-0.3, -0.25) is 0 Å². The minimum Gasteiger partial charge on any atom is -0.464 e. The molecule has 0 spiro atoms. The van der Waals surface area contributed by atoms with Crippen molar-refractivity contribution in [1.29, 1.82) is 5.26 Å². The Morgan fingerprint density at radius 2 is 2.57 bits per heavy atom. The fourth-order valence-corrected chi connectivity index (χ4v) is 1.44. The molecule has 1 aliphatic rings. The maximum Gasteiger partial charge on any atom is 0.341 e. The highest BCUT2D eigenvalue weighted by atomic mass is 19.1. The van der Waals surface area contributed by atoms with Crippen molar-refractivity contribution in [1.82, 2.24) is 0 Å². The predicted molar refractivity (Wildman–Crippen MR) is 45.0 cm³/mol. The summed E-state index contributed by atoms with van der Waals surface area (Å²) in [4.78, 5) is 11.0. The summed E-state index contributed by atoms with van der Waals surface area (Å²) in [6, 6.07) is 1.82. The molecule has 0 saturated carbocycles. The number of alkyl halides is 1. The van der Waals surface area contributed by atoms with Gasteiger partial charge < -0.3 is 9.47 Å². The largest absolute Gasteiger partial charge is 0.464 e. The van der Waals surface area contributed by atoms with Gasteiger partial charge in [0.1, 0.15) is 6.10 Å². The second-order valence-corrected chi connectivity index (χ2v) is 3.03. The number of halogens is 1. The highest BCUT2D eigenvalue weighted by Gasteiger charge is 2.39. The van der Waals surface area contributed by atoms with Crippen molar-refractivity contribution in [3.8, 4) is 6.07 Å². The molecule has 0 bridgehead atoms. The van der Waals surface area contributed by atoms with E-state index >= 15 is 0 Å². The van der Waals surface area contributed by atoms with Crippen molar-refractivity contribution >= 4 is 5.97 Å². The van der Waals surface area contributed by atoms with Crippen LogP contribution in [0.4, 0.5) is 4.39 Å². The first kappa shape index (κ1) is 10.9. The Morgan fingerprint density at radius 1 is 1.86 bits per heavy atom. The monoisotopic (exact) mass is 201 g/mol. The number of rotatable bonds is 3. The third-order valence-electron chi connectivity index (χ3n) is 2.15. The van der Waals surface area contributed by atoms with Crippen LogP contribution in [-0.4, -0.2) is 31.5 Å². The van der Waals surface area contributed by atoms with Crippen LogP contribution in [0.3, 0.4) is 0 Å². The van der Waals surface area contributed by atoms with Gasteiger partial charge >= 0.3 is 5.97 Å². The van der Waals surface area contributed by atoms with Crippen LogP contribution >= 0.6 is 0 Å². The molecule has 0 aliphatic carbocycles. The van der Waals surface area contributed by atoms with E-state index in [-0.39, 0.29) is 6.61 Å². The zero-order valence-electron chi connectivity index (χ0n) is 7.90. The van der Waals surface area contributed by atoms with Gasteiger partial charge in [0.05, 0.1) is 12.7 Å². The summed E-state index contributed by atoms with van der Waals surface area (Å²) < 4.78 is 22.9. The van der Waals surface area contributed by atoms with Gasteiger partial charge in [0.2, 0.25) is 6.17 Å². The van der Waals surface area contributed by atoms with Gasteiger partial charge in [0, 0.05) is 12.5 Å². The number of hydrogen-bond donors (Lipinski definition) is 0. The quantitative estimate of drug-likeness (QED) is 0.634. The summed E-state index contributed by atoms with van der Waals surface area (Å²) in [6.45, 7) is 2.07. The maximum atomic E-state index is 13.4. The van der Waals surface area contributed by atoms with Crippen LogP contribution in [0, 0.1) is 17.2 Å². The highest BCUT2D eigenvalue weighted by Crippen LogP contribution is 2.26. The lowest BCUT2D eigenvalue weighted by Crippen LogP contribution is -2.32. The van der Waals surface area contributed by atoms with Gasteiger partial charge in [0.25, 0.3) is 0 Å². The maximum absolute atomic E-state index is 13.4. The number of hydrogen-bond acceptors (Lipinski definition) is 4. The Hall–Kier alpha value is -1.15. The minimum absolute atomic E-state index is 0.143. The molecule has 0 aromatic heterocycles. The van der Waals surface area contributed by atoms with Crippen molar-refractivity contribution < 1.29 is 18.7 Å². The summed E-state index contributed by atoms with van der Waals surface area (Å²) >= 11 is 0. The first-order chi connectivity index (χ1) is 6.70. The van der Waals surface area contributed by atoms with E-state index in [0.717, 1.165) is 0 Å². The molecule has 1 saturated heterocycles. The van der Waals surface area contributed by atoms with Gasteiger partial charge in [-0.1, -0.05) is 0 Å². The zero-order chi connectivity index (χ0) is 10.6. The van der Waals surface area contributed by atoms with Crippen molar-refractivity contribution in [3.63, 3.8) is 0 Å². The van der Waals surface area contributed by atoms with Crippen LogP contribution in [0.25, 0.3) is 0 Å². The number of nitrogens with zero attached hydrogens (tertiary/aromatic N) is 1. The van der Waals surface area contributed by atoms with E-state index in [0.29, 0.717) is 13.0 Å². The van der Waals surface area contributed by atoms with Crippen LogP contribution in [0.1, 0.15) is 13.3 Å². The Balaban J connectivity index is 2.55. The van der Waals surface area contributed by atoms with Crippen LogP contribution in [0.5, 0.6) is 0 Å². The van der Waals surface area contributed by atoms with Crippen LogP contribution in [0.15, 0.2) is 0 Å². The summed E-state index contributed by atoms with van der Waals surface area (Å²) in [5.41, 5.74) is 0. The number of carbonyl (C=O) groups is 1. The normalized spacial score (nSPS) is 28.1. The SMILES string of the molecule is CCOC(=O)C(F)C1CCOC1C#N. The van der Waals surface area contributed by atoms with Gasteiger partial charge in [0.15, 0.2) is 0 Å². The molecule has 3 unspecified atom stereocenters. The molecule has 1 heterocycles. The summed E-state index contributed by atoms with van der Waals surface area (Å²) in [7, 11) is 0. The summed E-state index contributed by atoms with van der Waals surface area (Å²) in [5, 5.41) is 8.60. The Labute approximate surface area is 81.6 Å². The fourth-order valence-electron chi connectivity index (χ4n) is 1.44. The molecule has 5 heteroatoms. The van der Waals surface area contributed by atoms with Crippen molar-refractivity contribution in [2.24, 2.45) is 5.92 Å². The molecule has 1 fully saturated rings. The molecule has 1 rings (SSSR count). The molecule has 3 atom stereocenters. The van der Waals surface area contributed by atoms with Gasteiger partial charge in [-0.05, 0) is 13.3 Å². The molecule has 4 nitrogen and oxygen atoms in total. The average molecular weight is 201 g/mol. The number of esters is 1. The number of carbonyl (C=O) groups excluding carboxylic acids is 1. The molecular formula is C9H12FNO3. The predicted octanol–water partition coefficient (Wildman–Crippen LogP) is 0.816. The summed E-state index contributed by atoms with van der Waals surface area (Å²) in [5.74, 6) is -1.58. The molecule has 0 amide bonds.